The van der Waals surface area contributed by atoms with Gasteiger partial charge in [0.1, 0.15) is 19.4 Å². The molecular formula is C22H18N2O3. The molecule has 1 amide bonds. The van der Waals surface area contributed by atoms with Crippen LogP contribution in [0.25, 0.3) is 0 Å². The van der Waals surface area contributed by atoms with Crippen molar-refractivity contribution >= 4 is 17.3 Å². The zero-order valence-electron chi connectivity index (χ0n) is 14.6. The van der Waals surface area contributed by atoms with Crippen LogP contribution in [0.15, 0.2) is 72.8 Å². The highest BCUT2D eigenvalue weighted by Crippen LogP contribution is 2.39. The molecule has 0 fully saturated rings. The lowest BCUT2D eigenvalue weighted by molar-refractivity contribution is 0.0974. The number of anilines is 2. The van der Waals surface area contributed by atoms with Crippen LogP contribution in [0.1, 0.15) is 22.1 Å². The van der Waals surface area contributed by atoms with Crippen molar-refractivity contribution in [3.8, 4) is 11.5 Å². The van der Waals surface area contributed by atoms with Gasteiger partial charge in [0.15, 0.2) is 11.5 Å². The van der Waals surface area contributed by atoms with Crippen LogP contribution in [0.2, 0.25) is 0 Å². The van der Waals surface area contributed by atoms with E-state index < -0.39 is 0 Å². The Morgan fingerprint density at radius 3 is 2.44 bits per heavy atom. The van der Waals surface area contributed by atoms with E-state index in [0.717, 1.165) is 22.7 Å². The van der Waals surface area contributed by atoms with E-state index in [1.54, 1.807) is 4.90 Å². The SMILES string of the molecule is O=C1c2ccccc2N[C@H](c2ccc3c(c2)OCCO3)N1c1ccccc1. The lowest BCUT2D eigenvalue weighted by Gasteiger charge is -2.38. The minimum atomic E-state index is -0.342. The molecule has 3 aromatic rings. The highest BCUT2D eigenvalue weighted by Gasteiger charge is 2.34. The Balaban J connectivity index is 1.63. The van der Waals surface area contributed by atoms with Gasteiger partial charge < -0.3 is 14.8 Å². The molecule has 0 aromatic heterocycles. The molecule has 0 radical (unpaired) electrons. The van der Waals surface area contributed by atoms with Crippen LogP contribution in [-0.4, -0.2) is 19.1 Å². The monoisotopic (exact) mass is 358 g/mol. The fourth-order valence-corrected chi connectivity index (χ4v) is 3.57. The van der Waals surface area contributed by atoms with Crippen LogP contribution >= 0.6 is 0 Å². The van der Waals surface area contributed by atoms with Crippen LogP contribution in [0, 0.1) is 0 Å². The molecule has 2 aliphatic rings. The summed E-state index contributed by atoms with van der Waals surface area (Å²) in [6.45, 7) is 1.08. The maximum absolute atomic E-state index is 13.3. The fraction of sp³-hybridized carbons (Fsp3) is 0.136. The number of benzene rings is 3. The third-order valence-electron chi connectivity index (χ3n) is 4.84. The van der Waals surface area contributed by atoms with Gasteiger partial charge in [-0.1, -0.05) is 36.4 Å². The van der Waals surface area contributed by atoms with Gasteiger partial charge in [-0.3, -0.25) is 9.69 Å². The molecule has 3 aromatic carbocycles. The van der Waals surface area contributed by atoms with E-state index in [9.17, 15) is 4.79 Å². The molecular weight excluding hydrogens is 340 g/mol. The fourth-order valence-electron chi connectivity index (χ4n) is 3.57. The van der Waals surface area contributed by atoms with Crippen molar-refractivity contribution in [3.63, 3.8) is 0 Å². The number of nitrogens with zero attached hydrogens (tertiary/aromatic N) is 1. The van der Waals surface area contributed by atoms with E-state index in [1.165, 1.54) is 0 Å². The number of nitrogens with one attached hydrogen (secondary N) is 1. The number of para-hydroxylation sites is 2. The Kier molecular flexibility index (Phi) is 3.71. The largest absolute Gasteiger partial charge is 0.486 e. The Morgan fingerprint density at radius 1 is 0.852 bits per heavy atom. The maximum atomic E-state index is 13.3. The molecule has 0 bridgehead atoms. The van der Waals surface area contributed by atoms with Gasteiger partial charge in [-0.05, 0) is 42.0 Å². The number of amides is 1. The molecule has 0 spiro atoms. The summed E-state index contributed by atoms with van der Waals surface area (Å²) >= 11 is 0. The quantitative estimate of drug-likeness (QED) is 0.745. The molecule has 5 nitrogen and oxygen atoms in total. The van der Waals surface area contributed by atoms with E-state index in [2.05, 4.69) is 5.32 Å². The Bertz CT molecular complexity index is 1000. The van der Waals surface area contributed by atoms with E-state index in [1.807, 2.05) is 72.8 Å². The zero-order chi connectivity index (χ0) is 18.2. The third-order valence-corrected chi connectivity index (χ3v) is 4.84. The molecule has 0 saturated heterocycles. The van der Waals surface area contributed by atoms with Crippen LogP contribution in [0.4, 0.5) is 11.4 Å². The number of ether oxygens (including phenoxy) is 2. The van der Waals surface area contributed by atoms with Crippen molar-refractivity contribution in [2.75, 3.05) is 23.4 Å². The zero-order valence-corrected chi connectivity index (χ0v) is 14.6. The normalized spacial score (nSPS) is 17.9. The second-order valence-corrected chi connectivity index (χ2v) is 6.51. The van der Waals surface area contributed by atoms with Gasteiger partial charge >= 0.3 is 0 Å². The van der Waals surface area contributed by atoms with E-state index in [0.29, 0.717) is 24.5 Å². The number of rotatable bonds is 2. The molecule has 1 N–H and O–H groups in total. The summed E-state index contributed by atoms with van der Waals surface area (Å²) in [5.74, 6) is 1.41. The predicted molar refractivity (Wildman–Crippen MR) is 103 cm³/mol. The van der Waals surface area contributed by atoms with Gasteiger partial charge in [-0.15, -0.1) is 0 Å². The van der Waals surface area contributed by atoms with Gasteiger partial charge in [0.2, 0.25) is 0 Å². The lowest BCUT2D eigenvalue weighted by Crippen LogP contribution is -2.43. The van der Waals surface area contributed by atoms with Gasteiger partial charge in [-0.2, -0.15) is 0 Å². The minimum Gasteiger partial charge on any atom is -0.486 e. The molecule has 27 heavy (non-hydrogen) atoms. The molecule has 1 atom stereocenters. The topological polar surface area (TPSA) is 50.8 Å². The molecule has 0 saturated carbocycles. The number of fused-ring (bicyclic) bond motifs is 2. The summed E-state index contributed by atoms with van der Waals surface area (Å²) in [7, 11) is 0. The van der Waals surface area contributed by atoms with Gasteiger partial charge in [0, 0.05) is 11.4 Å². The van der Waals surface area contributed by atoms with Crippen molar-refractivity contribution < 1.29 is 14.3 Å². The summed E-state index contributed by atoms with van der Waals surface area (Å²) in [5, 5.41) is 3.51. The first-order chi connectivity index (χ1) is 13.3. The molecule has 5 rings (SSSR count). The summed E-state index contributed by atoms with van der Waals surface area (Å²) in [6, 6.07) is 23.1. The molecule has 134 valence electrons. The van der Waals surface area contributed by atoms with Crippen molar-refractivity contribution in [2.24, 2.45) is 0 Å². The van der Waals surface area contributed by atoms with Crippen molar-refractivity contribution in [2.45, 2.75) is 6.17 Å². The van der Waals surface area contributed by atoms with Crippen molar-refractivity contribution in [1.29, 1.82) is 0 Å². The van der Waals surface area contributed by atoms with E-state index in [-0.39, 0.29) is 12.1 Å². The Labute approximate surface area is 157 Å². The van der Waals surface area contributed by atoms with Crippen LogP contribution in [0.5, 0.6) is 11.5 Å². The lowest BCUT2D eigenvalue weighted by atomic mass is 10.0. The summed E-state index contributed by atoms with van der Waals surface area (Å²) in [4.78, 5) is 15.1. The molecule has 2 aliphatic heterocycles. The van der Waals surface area contributed by atoms with Crippen molar-refractivity contribution in [3.05, 3.63) is 83.9 Å². The Morgan fingerprint density at radius 2 is 1.59 bits per heavy atom. The second kappa shape index (κ2) is 6.36. The number of carbonyl (C=O) groups excluding carboxylic acids is 1. The van der Waals surface area contributed by atoms with Crippen LogP contribution in [-0.2, 0) is 0 Å². The first-order valence-corrected chi connectivity index (χ1v) is 8.95. The number of hydrogen-bond acceptors (Lipinski definition) is 4. The van der Waals surface area contributed by atoms with Gasteiger partial charge in [-0.25, -0.2) is 0 Å². The average Bonchev–Trinajstić information content (AvgIpc) is 2.74. The Hall–Kier alpha value is -3.47. The highest BCUT2D eigenvalue weighted by molar-refractivity contribution is 6.12. The average molecular weight is 358 g/mol. The summed E-state index contributed by atoms with van der Waals surface area (Å²) < 4.78 is 11.4. The maximum Gasteiger partial charge on any atom is 0.262 e. The van der Waals surface area contributed by atoms with E-state index >= 15 is 0 Å². The molecule has 0 aliphatic carbocycles. The second-order valence-electron chi connectivity index (χ2n) is 6.51. The van der Waals surface area contributed by atoms with Crippen LogP contribution < -0.4 is 19.7 Å². The van der Waals surface area contributed by atoms with E-state index in [4.69, 9.17) is 9.47 Å². The molecule has 2 heterocycles. The number of hydrogen-bond donors (Lipinski definition) is 1. The predicted octanol–water partition coefficient (Wildman–Crippen LogP) is 4.23. The van der Waals surface area contributed by atoms with Gasteiger partial charge in [0.05, 0.1) is 5.56 Å². The van der Waals surface area contributed by atoms with Crippen LogP contribution in [0.3, 0.4) is 0 Å². The third kappa shape index (κ3) is 2.68. The summed E-state index contributed by atoms with van der Waals surface area (Å²) in [5.41, 5.74) is 3.26. The first-order valence-electron chi connectivity index (χ1n) is 8.95. The standard InChI is InChI=1S/C22H18N2O3/c25-22-17-8-4-5-9-18(17)23-21(24(22)16-6-2-1-3-7-16)15-10-11-19-20(14-15)27-13-12-26-19/h1-11,14,21,23H,12-13H2/t21-/m0/s1. The molecule has 5 heteroatoms. The van der Waals surface area contributed by atoms with Crippen molar-refractivity contribution in [1.82, 2.24) is 0 Å². The highest BCUT2D eigenvalue weighted by atomic mass is 16.6. The molecule has 0 unspecified atom stereocenters. The first kappa shape index (κ1) is 15.8. The summed E-state index contributed by atoms with van der Waals surface area (Å²) in [6.07, 6.45) is -0.342. The smallest absolute Gasteiger partial charge is 0.262 e. The minimum absolute atomic E-state index is 0.0320. The number of carbonyl (C=O) groups is 1. The van der Waals surface area contributed by atoms with Gasteiger partial charge in [0.25, 0.3) is 5.91 Å².